The first-order valence-electron chi connectivity index (χ1n) is 34.4. The Kier molecular flexibility index (Phi) is 60.7. The van der Waals surface area contributed by atoms with Crippen LogP contribution < -0.4 is 5.11 Å². The third kappa shape index (κ3) is 64.4. The lowest BCUT2D eigenvalue weighted by atomic mass is 10.0. The van der Waals surface area contributed by atoms with Gasteiger partial charge in [-0.15, -0.1) is 0 Å². The molecule has 0 aliphatic rings. The van der Waals surface area contributed by atoms with E-state index in [-0.39, 0.29) is 38.6 Å². The molecule has 0 saturated heterocycles. The minimum absolute atomic E-state index is 0.139. The number of quaternary nitrogens is 1. The highest BCUT2D eigenvalue weighted by Crippen LogP contribution is 2.18. The summed E-state index contributed by atoms with van der Waals surface area (Å²) in [7, 11) is 5.91. The molecule has 0 radical (unpaired) electrons. The average Bonchev–Trinajstić information content (AvgIpc) is 3.44. The highest BCUT2D eigenvalue weighted by atomic mass is 16.7. The number of carbonyl (C=O) groups is 3. The number of carboxylic acids is 1. The van der Waals surface area contributed by atoms with Gasteiger partial charge < -0.3 is 33.3 Å². The number of carbonyl (C=O) groups excluding carboxylic acids is 3. The fraction of sp³-hybridized carbons (Fsp3) is 0.819. The fourth-order valence-electron chi connectivity index (χ4n) is 10.00. The number of unbranched alkanes of at least 4 members (excludes halogenated alkanes) is 39. The van der Waals surface area contributed by atoms with Crippen LogP contribution in [0, 0.1) is 0 Å². The zero-order valence-electron chi connectivity index (χ0n) is 53.9. The number of carboxylic acid groups (broad SMARTS) is 1. The van der Waals surface area contributed by atoms with Crippen LogP contribution in [-0.2, 0) is 33.3 Å². The summed E-state index contributed by atoms with van der Waals surface area (Å²) in [6.45, 7) is 4.61. The summed E-state index contributed by atoms with van der Waals surface area (Å²) in [6.07, 6.45) is 79.3. The second-order valence-electron chi connectivity index (χ2n) is 24.4. The normalized spacial score (nSPS) is 13.0. The molecule has 0 spiro atoms. The summed E-state index contributed by atoms with van der Waals surface area (Å²) >= 11 is 0. The van der Waals surface area contributed by atoms with Crippen molar-refractivity contribution in [1.29, 1.82) is 0 Å². The number of allylic oxidation sites excluding steroid dienone is 10. The maximum Gasteiger partial charge on any atom is 0.306 e. The lowest BCUT2D eigenvalue weighted by Gasteiger charge is -2.26. The first-order chi connectivity index (χ1) is 39.6. The summed E-state index contributed by atoms with van der Waals surface area (Å²) in [4.78, 5) is 37.3. The molecule has 0 bridgehead atoms. The molecular formula is C72H131NO8. The quantitative estimate of drug-likeness (QED) is 0.0195. The van der Waals surface area contributed by atoms with Crippen LogP contribution >= 0.6 is 0 Å². The van der Waals surface area contributed by atoms with Gasteiger partial charge in [-0.05, 0) is 77.0 Å². The Morgan fingerprint density at radius 1 is 0.383 bits per heavy atom. The van der Waals surface area contributed by atoms with E-state index in [0.717, 1.165) is 57.8 Å². The average molecular weight is 1140 g/mol. The molecule has 0 aromatic carbocycles. The van der Waals surface area contributed by atoms with Crippen LogP contribution in [0.3, 0.4) is 0 Å². The Bertz CT molecular complexity index is 1510. The molecule has 0 fully saturated rings. The monoisotopic (exact) mass is 1140 g/mol. The minimum Gasteiger partial charge on any atom is -0.545 e. The molecule has 472 valence electrons. The highest BCUT2D eigenvalue weighted by molar-refractivity contribution is 5.70. The lowest BCUT2D eigenvalue weighted by molar-refractivity contribution is -0.870. The van der Waals surface area contributed by atoms with Crippen LogP contribution in [0.5, 0.6) is 0 Å². The van der Waals surface area contributed by atoms with Gasteiger partial charge in [0.25, 0.3) is 0 Å². The molecule has 81 heavy (non-hydrogen) atoms. The number of ether oxygens (including phenoxy) is 4. The van der Waals surface area contributed by atoms with Crippen LogP contribution in [0.1, 0.15) is 322 Å². The van der Waals surface area contributed by atoms with Gasteiger partial charge in [0, 0.05) is 12.8 Å². The van der Waals surface area contributed by atoms with Crippen LogP contribution in [0.25, 0.3) is 0 Å². The van der Waals surface area contributed by atoms with Crippen molar-refractivity contribution in [2.45, 2.75) is 334 Å². The van der Waals surface area contributed by atoms with Crippen molar-refractivity contribution in [3.05, 3.63) is 60.8 Å². The molecule has 0 aromatic rings. The van der Waals surface area contributed by atoms with Crippen molar-refractivity contribution in [2.24, 2.45) is 0 Å². The predicted molar refractivity (Wildman–Crippen MR) is 343 cm³/mol. The molecule has 0 aromatic heterocycles. The van der Waals surface area contributed by atoms with E-state index >= 15 is 0 Å². The zero-order valence-corrected chi connectivity index (χ0v) is 53.9. The van der Waals surface area contributed by atoms with Gasteiger partial charge in [0.1, 0.15) is 13.2 Å². The Balaban J connectivity index is 3.90. The molecule has 0 heterocycles. The van der Waals surface area contributed by atoms with E-state index in [1.165, 1.54) is 231 Å². The predicted octanol–water partition coefficient (Wildman–Crippen LogP) is 19.8. The first-order valence-corrected chi connectivity index (χ1v) is 34.4. The Morgan fingerprint density at radius 2 is 0.704 bits per heavy atom. The molecule has 0 amide bonds. The molecule has 0 aliphatic carbocycles. The standard InChI is InChI=1S/C72H131NO8/c1-6-8-10-12-14-16-18-20-22-23-24-25-26-27-28-29-30-31-32-33-34-35-36-37-38-39-40-41-42-43-44-45-46-47-49-50-52-54-56-58-60-62-69(74)79-66-68(67-80-72(71(76)77)78-65-64-73(3,4)5)81-70(75)63-61-59-57-55-53-51-48-21-19-17-15-13-11-9-7-2/h9,11,15,17,21,23-24,48,53,55,68,72H,6-8,10,12-14,16,18-20,22,25-47,49-52,54,56-67H2,1-5H3/b11-9-,17-15-,24-23-,48-21-,55-53-. The third-order valence-electron chi connectivity index (χ3n) is 15.2. The topological polar surface area (TPSA) is 111 Å². The highest BCUT2D eigenvalue weighted by Gasteiger charge is 2.22. The number of hydrogen-bond acceptors (Lipinski definition) is 8. The summed E-state index contributed by atoms with van der Waals surface area (Å²) < 4.78 is 22.7. The maximum atomic E-state index is 12.8. The van der Waals surface area contributed by atoms with Gasteiger partial charge in [0.2, 0.25) is 0 Å². The summed E-state index contributed by atoms with van der Waals surface area (Å²) in [5, 5.41) is 11.8. The van der Waals surface area contributed by atoms with E-state index in [1.807, 2.05) is 21.1 Å². The van der Waals surface area contributed by atoms with E-state index in [2.05, 4.69) is 74.6 Å². The second kappa shape index (κ2) is 63.0. The molecule has 2 unspecified atom stereocenters. The molecule has 9 heteroatoms. The number of hydrogen-bond donors (Lipinski definition) is 0. The molecule has 0 N–H and O–H groups in total. The Morgan fingerprint density at radius 3 is 1.09 bits per heavy atom. The molecule has 0 aliphatic heterocycles. The van der Waals surface area contributed by atoms with Crippen LogP contribution in [-0.4, -0.2) is 82.3 Å². The van der Waals surface area contributed by atoms with E-state index in [1.54, 1.807) is 0 Å². The van der Waals surface area contributed by atoms with Crippen molar-refractivity contribution in [1.82, 2.24) is 0 Å². The van der Waals surface area contributed by atoms with Crippen molar-refractivity contribution < 1.29 is 42.9 Å². The molecule has 9 nitrogen and oxygen atoms in total. The number of likely N-dealkylation sites (N-methyl/N-ethyl adjacent to an activating group) is 1. The number of rotatable bonds is 64. The summed E-state index contributed by atoms with van der Waals surface area (Å²) in [5.41, 5.74) is 0. The van der Waals surface area contributed by atoms with Crippen molar-refractivity contribution in [3.63, 3.8) is 0 Å². The smallest absolute Gasteiger partial charge is 0.306 e. The first kappa shape index (κ1) is 78.0. The Labute approximate surface area is 501 Å². The van der Waals surface area contributed by atoms with Crippen molar-refractivity contribution in [2.75, 3.05) is 47.5 Å². The SMILES string of the molecule is CC/C=C\C/C=C\C/C=C\C/C=C\CCCCC(=O)OC(COC(=O)CCCCCCCCCCCCCCCCCCCCCCCCCCCCCCC/C=C\CCCCCCCCCC)COC(OCC[N+](C)(C)C)C(=O)[O-]. The van der Waals surface area contributed by atoms with Gasteiger partial charge in [-0.25, -0.2) is 0 Å². The molecular weight excluding hydrogens is 1010 g/mol. The third-order valence-corrected chi connectivity index (χ3v) is 15.2. The molecule has 0 rings (SSSR count). The minimum atomic E-state index is -1.63. The van der Waals surface area contributed by atoms with Crippen molar-refractivity contribution >= 4 is 17.9 Å². The number of aliphatic carboxylic acids is 1. The van der Waals surface area contributed by atoms with Gasteiger partial charge >= 0.3 is 11.9 Å². The summed E-state index contributed by atoms with van der Waals surface area (Å²) in [5.74, 6) is -2.33. The van der Waals surface area contributed by atoms with Crippen LogP contribution in [0.2, 0.25) is 0 Å². The lowest BCUT2D eigenvalue weighted by Crippen LogP contribution is -2.44. The summed E-state index contributed by atoms with van der Waals surface area (Å²) in [6, 6.07) is 0. The second-order valence-corrected chi connectivity index (χ2v) is 24.4. The zero-order chi connectivity index (χ0) is 59.1. The van der Waals surface area contributed by atoms with Crippen molar-refractivity contribution in [3.8, 4) is 0 Å². The van der Waals surface area contributed by atoms with Gasteiger partial charge in [0.15, 0.2) is 12.4 Å². The Hall–Kier alpha value is -3.01. The van der Waals surface area contributed by atoms with E-state index in [4.69, 9.17) is 18.9 Å². The fourth-order valence-corrected chi connectivity index (χ4v) is 10.00. The van der Waals surface area contributed by atoms with Gasteiger partial charge in [-0.1, -0.05) is 293 Å². The van der Waals surface area contributed by atoms with E-state index in [0.29, 0.717) is 17.4 Å². The largest absolute Gasteiger partial charge is 0.545 e. The van der Waals surface area contributed by atoms with Gasteiger partial charge in [0.05, 0.1) is 40.3 Å². The van der Waals surface area contributed by atoms with E-state index < -0.39 is 24.3 Å². The van der Waals surface area contributed by atoms with Crippen LogP contribution in [0.15, 0.2) is 60.8 Å². The van der Waals surface area contributed by atoms with E-state index in [9.17, 15) is 19.5 Å². The van der Waals surface area contributed by atoms with Gasteiger partial charge in [-0.3, -0.25) is 9.59 Å². The van der Waals surface area contributed by atoms with Crippen LogP contribution in [0.4, 0.5) is 0 Å². The number of esters is 2. The van der Waals surface area contributed by atoms with Gasteiger partial charge in [-0.2, -0.15) is 0 Å². The molecule has 2 atom stereocenters. The number of nitrogens with zero attached hydrogens (tertiary/aromatic N) is 1. The maximum absolute atomic E-state index is 12.8. The molecule has 0 saturated carbocycles.